The molecular weight excluding hydrogens is 1110 g/mol. The van der Waals surface area contributed by atoms with Crippen LogP contribution in [0.3, 0.4) is 0 Å². The van der Waals surface area contributed by atoms with Gasteiger partial charge >= 0.3 is 5.97 Å². The molecular formula is C59H107ClN2O21. The summed E-state index contributed by atoms with van der Waals surface area (Å²) >= 11 is 5.61. The molecule has 2 amide bonds. The number of unbranched alkanes of at least 4 members (excludes halogenated alkanes) is 25. The SMILES string of the molecule is CCCCCCCCCCCCC/C=C\[C@@H](O)[C@H](CO[C@@H]1O[C@H](CO)[C@@H](O[C@@H]2O[C@H](CO)[C@H](O)[C@H](O[C@]3(C(=O)O)C[C@H](O)[C@@H](NC(=O)CCl)[C@H]([C@H](O)[C@H](O)CO)O3)[C@H]2O)[C@H](O)[C@H]1O)NC(=O)CCCCCCCCCCCCCCCCC. The molecule has 3 fully saturated rings. The number of carboxylic acids is 1. The number of rotatable bonds is 46. The highest BCUT2D eigenvalue weighted by molar-refractivity contribution is 6.27. The van der Waals surface area contributed by atoms with Gasteiger partial charge in [-0.05, 0) is 19.3 Å². The third-order valence-corrected chi connectivity index (χ3v) is 16.3. The first-order valence-electron chi connectivity index (χ1n) is 31.2. The van der Waals surface area contributed by atoms with Crippen molar-refractivity contribution < 1.29 is 104 Å². The Kier molecular flexibility index (Phi) is 38.5. The second kappa shape index (κ2) is 42.6. The van der Waals surface area contributed by atoms with Gasteiger partial charge in [0.15, 0.2) is 12.6 Å². The van der Waals surface area contributed by atoms with Gasteiger partial charge in [0.05, 0.1) is 50.7 Å². The summed E-state index contributed by atoms with van der Waals surface area (Å²) < 4.78 is 34.7. The van der Waals surface area contributed by atoms with Crippen LogP contribution in [0.2, 0.25) is 0 Å². The van der Waals surface area contributed by atoms with Gasteiger partial charge in [-0.3, -0.25) is 9.59 Å². The van der Waals surface area contributed by atoms with Crippen molar-refractivity contribution in [2.75, 3.05) is 32.3 Å². The molecule has 14 N–H and O–H groups in total. The fraction of sp³-hybridized carbons (Fsp3) is 0.915. The van der Waals surface area contributed by atoms with E-state index in [1.807, 2.05) is 6.08 Å². The molecule has 0 bridgehead atoms. The van der Waals surface area contributed by atoms with Gasteiger partial charge in [-0.25, -0.2) is 4.79 Å². The first-order valence-corrected chi connectivity index (χ1v) is 31.7. The topological polar surface area (TPSA) is 373 Å². The molecule has 3 aliphatic heterocycles. The Labute approximate surface area is 496 Å². The molecule has 23 nitrogen and oxygen atoms in total. The minimum Gasteiger partial charge on any atom is -0.477 e. The molecule has 0 unspecified atom stereocenters. The summed E-state index contributed by atoms with van der Waals surface area (Å²) in [5, 5.41) is 136. The van der Waals surface area contributed by atoms with Crippen LogP contribution in [0.4, 0.5) is 0 Å². The minimum atomic E-state index is -3.11. The Morgan fingerprint density at radius 2 is 1.14 bits per heavy atom. The van der Waals surface area contributed by atoms with Gasteiger partial charge in [0.1, 0.15) is 73.0 Å². The second-order valence-corrected chi connectivity index (χ2v) is 23.2. The predicted octanol–water partition coefficient (Wildman–Crippen LogP) is 3.38. The van der Waals surface area contributed by atoms with Crippen molar-refractivity contribution >= 4 is 29.4 Å². The maximum absolute atomic E-state index is 13.4. The number of aliphatic hydroxyl groups is 11. The Bertz CT molecular complexity index is 1760. The first-order chi connectivity index (χ1) is 39.9. The van der Waals surface area contributed by atoms with Crippen molar-refractivity contribution in [2.24, 2.45) is 0 Å². The summed E-state index contributed by atoms with van der Waals surface area (Å²) in [4.78, 5) is 38.7. The molecule has 24 heteroatoms. The zero-order chi connectivity index (χ0) is 61.2. The lowest BCUT2D eigenvalue weighted by molar-refractivity contribution is -0.386. The molecule has 0 aliphatic carbocycles. The summed E-state index contributed by atoms with van der Waals surface area (Å²) in [5.74, 6) is -7.00. The number of nitrogens with one attached hydrogen (secondary N) is 2. The number of aliphatic hydroxyl groups excluding tert-OH is 11. The van der Waals surface area contributed by atoms with Crippen LogP contribution in [0, 0.1) is 0 Å². The Morgan fingerprint density at radius 1 is 0.639 bits per heavy atom. The molecule has 0 spiro atoms. The number of aliphatic carboxylic acids is 1. The van der Waals surface area contributed by atoms with Crippen LogP contribution in [-0.4, -0.2) is 221 Å². The van der Waals surface area contributed by atoms with Crippen LogP contribution in [0.25, 0.3) is 0 Å². The summed E-state index contributed by atoms with van der Waals surface area (Å²) in [7, 11) is 0. The number of amides is 2. The van der Waals surface area contributed by atoms with Crippen molar-refractivity contribution in [3.63, 3.8) is 0 Å². The summed E-state index contributed by atoms with van der Waals surface area (Å²) in [5.41, 5.74) is 0. The molecule has 18 atom stereocenters. The zero-order valence-electron chi connectivity index (χ0n) is 49.4. The standard InChI is InChI=1S/C59H107ClN2O21/c1-3-5-7-9-11-13-15-17-18-20-22-24-26-28-30-32-45(69)61-39(40(66)31-29-27-25-23-21-19-16-14-12-10-8-6-4-2)38-78-56-51(74)50(73)53(44(37-65)80-56)81-57-52(75)55(49(72)43(36-64)79-57)83-59(58(76)77)33-41(67)47(62-46(70)34-60)54(82-59)48(71)42(68)35-63/h29,31,39-44,47-57,63-68,71-75H,3-28,30,32-38H2,1-2H3,(H,61,69)(H,62,70)(H,76,77)/b31-29-/t39-,40+,41-,42+,43+,44+,47+,48+,49-,50+,51+,52+,53+,54+,55-,56+,57-,59-/m0/s1. The smallest absolute Gasteiger partial charge is 0.364 e. The number of carbonyl (C=O) groups is 3. The highest BCUT2D eigenvalue weighted by Crippen LogP contribution is 2.38. The van der Waals surface area contributed by atoms with Crippen molar-refractivity contribution in [3.8, 4) is 0 Å². The normalized spacial score (nSPS) is 30.0. The second-order valence-electron chi connectivity index (χ2n) is 22.9. The molecule has 486 valence electrons. The van der Waals surface area contributed by atoms with E-state index in [2.05, 4.69) is 24.5 Å². The van der Waals surface area contributed by atoms with Crippen LogP contribution < -0.4 is 10.6 Å². The van der Waals surface area contributed by atoms with Crippen LogP contribution in [-0.2, 0) is 42.8 Å². The molecule has 3 heterocycles. The van der Waals surface area contributed by atoms with Gasteiger partial charge in [0.2, 0.25) is 11.8 Å². The monoisotopic (exact) mass is 1210 g/mol. The lowest BCUT2D eigenvalue weighted by Gasteiger charge is -2.50. The molecule has 0 aromatic rings. The number of halogens is 1. The molecule has 3 rings (SSSR count). The van der Waals surface area contributed by atoms with E-state index in [-0.39, 0.29) is 12.3 Å². The highest BCUT2D eigenvalue weighted by Gasteiger charge is 2.60. The van der Waals surface area contributed by atoms with Crippen molar-refractivity contribution in [1.82, 2.24) is 10.6 Å². The average Bonchev–Trinajstić information content (AvgIpc) is 3.19. The van der Waals surface area contributed by atoms with E-state index in [1.165, 1.54) is 116 Å². The third kappa shape index (κ3) is 26.2. The summed E-state index contributed by atoms with van der Waals surface area (Å²) in [6, 6.07) is -2.70. The molecule has 0 radical (unpaired) electrons. The summed E-state index contributed by atoms with van der Waals surface area (Å²) in [6.07, 6.45) is 5.16. The van der Waals surface area contributed by atoms with Gasteiger partial charge in [-0.2, -0.15) is 0 Å². The van der Waals surface area contributed by atoms with E-state index in [0.29, 0.717) is 12.8 Å². The average molecular weight is 1220 g/mol. The van der Waals surface area contributed by atoms with E-state index < -0.39 is 160 Å². The molecule has 3 aliphatic rings. The Hall–Kier alpha value is -2.24. The lowest BCUT2D eigenvalue weighted by Crippen LogP contribution is -2.71. The largest absolute Gasteiger partial charge is 0.477 e. The van der Waals surface area contributed by atoms with E-state index in [1.54, 1.807) is 6.08 Å². The quantitative estimate of drug-likeness (QED) is 0.0236. The van der Waals surface area contributed by atoms with E-state index in [9.17, 15) is 75.7 Å². The van der Waals surface area contributed by atoms with Gasteiger partial charge < -0.3 is 100 Å². The maximum atomic E-state index is 13.4. The number of alkyl halides is 1. The zero-order valence-corrected chi connectivity index (χ0v) is 50.2. The number of carboxylic acid groups (broad SMARTS) is 1. The molecule has 0 aromatic heterocycles. The lowest BCUT2D eigenvalue weighted by atomic mass is 9.88. The minimum absolute atomic E-state index is 0.200. The van der Waals surface area contributed by atoms with Gasteiger partial charge in [-0.15, -0.1) is 11.6 Å². The fourth-order valence-electron chi connectivity index (χ4n) is 10.9. The molecule has 3 saturated heterocycles. The van der Waals surface area contributed by atoms with Gasteiger partial charge in [0, 0.05) is 12.8 Å². The van der Waals surface area contributed by atoms with Crippen molar-refractivity contribution in [3.05, 3.63) is 12.2 Å². The van der Waals surface area contributed by atoms with Crippen LogP contribution >= 0.6 is 11.6 Å². The molecule has 83 heavy (non-hydrogen) atoms. The van der Waals surface area contributed by atoms with Crippen LogP contribution in [0.5, 0.6) is 0 Å². The van der Waals surface area contributed by atoms with Crippen LogP contribution in [0.1, 0.15) is 200 Å². The van der Waals surface area contributed by atoms with Crippen molar-refractivity contribution in [2.45, 2.75) is 310 Å². The van der Waals surface area contributed by atoms with Gasteiger partial charge in [-0.1, -0.05) is 180 Å². The maximum Gasteiger partial charge on any atom is 0.364 e. The highest BCUT2D eigenvalue weighted by atomic mass is 35.5. The number of ether oxygens (including phenoxy) is 6. The molecule has 0 aromatic carbocycles. The van der Waals surface area contributed by atoms with Gasteiger partial charge in [0.25, 0.3) is 5.79 Å². The number of hydrogen-bond donors (Lipinski definition) is 14. The van der Waals surface area contributed by atoms with Crippen molar-refractivity contribution in [1.29, 1.82) is 0 Å². The van der Waals surface area contributed by atoms with E-state index in [0.717, 1.165) is 44.9 Å². The fourth-order valence-corrected chi connectivity index (χ4v) is 11.0. The number of allylic oxidation sites excluding steroid dienone is 1. The Morgan fingerprint density at radius 3 is 1.64 bits per heavy atom. The van der Waals surface area contributed by atoms with E-state index in [4.69, 9.17) is 40.0 Å². The Balaban J connectivity index is 1.67. The first kappa shape index (κ1) is 75.0. The van der Waals surface area contributed by atoms with E-state index >= 15 is 0 Å². The molecule has 0 saturated carbocycles. The third-order valence-electron chi connectivity index (χ3n) is 16.0. The number of hydrogen-bond acceptors (Lipinski definition) is 20. The predicted molar refractivity (Wildman–Crippen MR) is 307 cm³/mol. The summed E-state index contributed by atoms with van der Waals surface area (Å²) in [6.45, 7) is 1.00. The number of carbonyl (C=O) groups excluding carboxylic acids is 2. The van der Waals surface area contributed by atoms with Crippen LogP contribution in [0.15, 0.2) is 12.2 Å².